The van der Waals surface area contributed by atoms with Crippen LogP contribution in [0.25, 0.3) is 0 Å². The van der Waals surface area contributed by atoms with Crippen LogP contribution in [0.3, 0.4) is 0 Å². The Morgan fingerprint density at radius 3 is 1.57 bits per heavy atom. The van der Waals surface area contributed by atoms with Crippen molar-refractivity contribution in [1.82, 2.24) is 0 Å². The number of hydrogen-bond donors (Lipinski definition) is 1. The number of rotatable bonds is 16. The monoisotopic (exact) mass is 294 g/mol. The van der Waals surface area contributed by atoms with E-state index in [-0.39, 0.29) is 0 Å². The Morgan fingerprint density at radius 2 is 1.05 bits per heavy atom. The number of unbranched alkanes of at least 4 members (excludes halogenated alkanes) is 11. The third-order valence-corrected chi connectivity index (χ3v) is 3.86. The van der Waals surface area contributed by atoms with E-state index in [0.717, 1.165) is 12.8 Å². The van der Waals surface area contributed by atoms with Gasteiger partial charge < -0.3 is 5.11 Å². The highest BCUT2D eigenvalue weighted by atomic mass is 16.2. The van der Waals surface area contributed by atoms with Gasteiger partial charge in [-0.1, -0.05) is 82.6 Å². The Labute approximate surface area is 133 Å². The summed E-state index contributed by atoms with van der Waals surface area (Å²) >= 11 is 0. The Balaban J connectivity index is 3.11. The van der Waals surface area contributed by atoms with Crippen LogP contribution >= 0.6 is 0 Å². The van der Waals surface area contributed by atoms with Crippen molar-refractivity contribution in [2.75, 3.05) is 6.61 Å². The molecule has 0 aliphatic rings. The molecule has 0 saturated carbocycles. The maximum atomic E-state index is 8.68. The average molecular weight is 295 g/mol. The van der Waals surface area contributed by atoms with E-state index in [2.05, 4.69) is 31.2 Å². The number of aliphatic hydroxyl groups is 1. The van der Waals surface area contributed by atoms with Crippen LogP contribution in [-0.4, -0.2) is 11.7 Å². The SMILES string of the molecule is CCCCCC=CC/C=C\CCCCCCCCCCO. The summed E-state index contributed by atoms with van der Waals surface area (Å²) in [7, 11) is 0. The zero-order chi connectivity index (χ0) is 15.4. The van der Waals surface area contributed by atoms with Crippen molar-refractivity contribution in [2.45, 2.75) is 96.8 Å². The molecular weight excluding hydrogens is 256 g/mol. The molecule has 124 valence electrons. The maximum Gasteiger partial charge on any atom is 0.0431 e. The van der Waals surface area contributed by atoms with Crippen molar-refractivity contribution in [3.63, 3.8) is 0 Å². The Kier molecular flexibility index (Phi) is 18.9. The van der Waals surface area contributed by atoms with Crippen LogP contribution in [0, 0.1) is 0 Å². The molecular formula is C20H38O. The molecule has 21 heavy (non-hydrogen) atoms. The van der Waals surface area contributed by atoms with Crippen LogP contribution < -0.4 is 0 Å². The van der Waals surface area contributed by atoms with Crippen LogP contribution in [0.5, 0.6) is 0 Å². The Hall–Kier alpha value is -0.560. The van der Waals surface area contributed by atoms with Gasteiger partial charge in [0.25, 0.3) is 0 Å². The molecule has 0 saturated heterocycles. The van der Waals surface area contributed by atoms with E-state index in [9.17, 15) is 0 Å². The molecule has 0 radical (unpaired) electrons. The standard InChI is InChI=1S/C20H38O/c1-2-3-4-5-6-7-8-9-10-11-12-13-14-15-16-17-18-19-20-21/h6-7,9-10,21H,2-5,8,11-20H2,1H3/b7-6?,10-9-. The predicted octanol–water partition coefficient (Wildman–Crippen LogP) is 6.57. The van der Waals surface area contributed by atoms with Gasteiger partial charge in [-0.3, -0.25) is 0 Å². The smallest absolute Gasteiger partial charge is 0.0431 e. The first-order chi connectivity index (χ1) is 10.4. The van der Waals surface area contributed by atoms with Gasteiger partial charge in [-0.15, -0.1) is 0 Å². The number of hydrogen-bond acceptors (Lipinski definition) is 1. The third-order valence-electron chi connectivity index (χ3n) is 3.86. The minimum Gasteiger partial charge on any atom is -0.396 e. The van der Waals surface area contributed by atoms with E-state index in [0.29, 0.717) is 6.61 Å². The normalized spacial score (nSPS) is 11.9. The van der Waals surface area contributed by atoms with Gasteiger partial charge in [0.2, 0.25) is 0 Å². The second kappa shape index (κ2) is 19.4. The lowest BCUT2D eigenvalue weighted by Gasteiger charge is -2.00. The molecule has 0 aliphatic heterocycles. The highest BCUT2D eigenvalue weighted by Crippen LogP contribution is 2.10. The molecule has 0 bridgehead atoms. The topological polar surface area (TPSA) is 20.2 Å². The van der Waals surface area contributed by atoms with Crippen molar-refractivity contribution < 1.29 is 5.11 Å². The predicted molar refractivity (Wildman–Crippen MR) is 95.7 cm³/mol. The fourth-order valence-electron chi connectivity index (χ4n) is 2.45. The fraction of sp³-hybridized carbons (Fsp3) is 0.800. The molecule has 0 aromatic rings. The molecule has 0 amide bonds. The molecule has 1 nitrogen and oxygen atoms in total. The van der Waals surface area contributed by atoms with Gasteiger partial charge in [-0.2, -0.15) is 0 Å². The van der Waals surface area contributed by atoms with E-state index in [1.807, 2.05) is 0 Å². The average Bonchev–Trinajstić information content (AvgIpc) is 2.50. The minimum absolute atomic E-state index is 0.361. The molecule has 0 aromatic heterocycles. The van der Waals surface area contributed by atoms with Crippen LogP contribution in [0.2, 0.25) is 0 Å². The van der Waals surface area contributed by atoms with Crippen LogP contribution in [0.1, 0.15) is 96.8 Å². The summed E-state index contributed by atoms with van der Waals surface area (Å²) in [5.41, 5.74) is 0. The minimum atomic E-state index is 0.361. The van der Waals surface area contributed by atoms with Gasteiger partial charge in [0.1, 0.15) is 0 Å². The molecule has 0 unspecified atom stereocenters. The summed E-state index contributed by atoms with van der Waals surface area (Å²) in [6, 6.07) is 0. The summed E-state index contributed by atoms with van der Waals surface area (Å²) in [5.74, 6) is 0. The van der Waals surface area contributed by atoms with E-state index in [1.54, 1.807) is 0 Å². The molecule has 0 rings (SSSR count). The number of allylic oxidation sites excluding steroid dienone is 4. The summed E-state index contributed by atoms with van der Waals surface area (Å²) in [5, 5.41) is 8.68. The molecule has 0 aliphatic carbocycles. The molecule has 1 N–H and O–H groups in total. The van der Waals surface area contributed by atoms with E-state index >= 15 is 0 Å². The summed E-state index contributed by atoms with van der Waals surface area (Å²) in [6.45, 7) is 2.62. The lowest BCUT2D eigenvalue weighted by molar-refractivity contribution is 0.282. The second-order valence-corrected chi connectivity index (χ2v) is 6.02. The third kappa shape index (κ3) is 19.4. The van der Waals surface area contributed by atoms with Gasteiger partial charge >= 0.3 is 0 Å². The molecule has 0 spiro atoms. The summed E-state index contributed by atoms with van der Waals surface area (Å²) in [4.78, 5) is 0. The first-order valence-corrected chi connectivity index (χ1v) is 9.32. The summed E-state index contributed by atoms with van der Waals surface area (Å²) < 4.78 is 0. The number of aliphatic hydroxyl groups excluding tert-OH is 1. The first-order valence-electron chi connectivity index (χ1n) is 9.32. The quantitative estimate of drug-likeness (QED) is 0.252. The van der Waals surface area contributed by atoms with Gasteiger partial charge in [-0.25, -0.2) is 0 Å². The second-order valence-electron chi connectivity index (χ2n) is 6.02. The lowest BCUT2D eigenvalue weighted by Crippen LogP contribution is -1.84. The van der Waals surface area contributed by atoms with E-state index in [1.165, 1.54) is 77.0 Å². The maximum absolute atomic E-state index is 8.68. The van der Waals surface area contributed by atoms with Crippen molar-refractivity contribution in [2.24, 2.45) is 0 Å². The molecule has 0 atom stereocenters. The summed E-state index contributed by atoms with van der Waals surface area (Å²) in [6.07, 6.45) is 27.2. The Morgan fingerprint density at radius 1 is 0.571 bits per heavy atom. The highest BCUT2D eigenvalue weighted by molar-refractivity contribution is 4.92. The Bertz CT molecular complexity index is 230. The zero-order valence-electron chi connectivity index (χ0n) is 14.4. The van der Waals surface area contributed by atoms with Crippen LogP contribution in [0.4, 0.5) is 0 Å². The van der Waals surface area contributed by atoms with Crippen LogP contribution in [0.15, 0.2) is 24.3 Å². The van der Waals surface area contributed by atoms with Gasteiger partial charge in [0.05, 0.1) is 0 Å². The van der Waals surface area contributed by atoms with Gasteiger partial charge in [-0.05, 0) is 38.5 Å². The zero-order valence-corrected chi connectivity index (χ0v) is 14.4. The fourth-order valence-corrected chi connectivity index (χ4v) is 2.45. The first kappa shape index (κ1) is 20.4. The van der Waals surface area contributed by atoms with E-state index < -0.39 is 0 Å². The molecule has 1 heteroatoms. The highest BCUT2D eigenvalue weighted by Gasteiger charge is 1.91. The van der Waals surface area contributed by atoms with Crippen molar-refractivity contribution >= 4 is 0 Å². The molecule has 0 heterocycles. The van der Waals surface area contributed by atoms with Crippen molar-refractivity contribution in [3.05, 3.63) is 24.3 Å². The van der Waals surface area contributed by atoms with Crippen molar-refractivity contribution in [3.8, 4) is 0 Å². The molecule has 0 aromatic carbocycles. The van der Waals surface area contributed by atoms with Crippen LogP contribution in [-0.2, 0) is 0 Å². The van der Waals surface area contributed by atoms with Gasteiger partial charge in [0.15, 0.2) is 0 Å². The van der Waals surface area contributed by atoms with E-state index in [4.69, 9.17) is 5.11 Å². The van der Waals surface area contributed by atoms with Gasteiger partial charge in [0, 0.05) is 6.61 Å². The lowest BCUT2D eigenvalue weighted by atomic mass is 10.1. The van der Waals surface area contributed by atoms with Crippen molar-refractivity contribution in [1.29, 1.82) is 0 Å². The largest absolute Gasteiger partial charge is 0.396 e. The molecule has 0 fully saturated rings.